The fourth-order valence-electron chi connectivity index (χ4n) is 3.25. The summed E-state index contributed by atoms with van der Waals surface area (Å²) < 4.78 is 0. The second-order valence-electron chi connectivity index (χ2n) is 6.32. The lowest BCUT2D eigenvalue weighted by Crippen LogP contribution is -2.27. The van der Waals surface area contributed by atoms with E-state index in [0.717, 1.165) is 19.4 Å². The third-order valence-corrected chi connectivity index (χ3v) is 4.58. The number of hydrogen-bond donors (Lipinski definition) is 0. The topological polar surface area (TPSA) is 3.24 Å². The number of rotatable bonds is 5. The summed E-state index contributed by atoms with van der Waals surface area (Å²) in [5, 5.41) is 0. The highest BCUT2D eigenvalue weighted by Crippen LogP contribution is 2.31. The predicted octanol–water partition coefficient (Wildman–Crippen LogP) is 6.90. The van der Waals surface area contributed by atoms with Gasteiger partial charge in [-0.3, -0.25) is 0 Å². The molecule has 3 rings (SSSR count). The maximum Gasteiger partial charge on any atom is 0.0515 e. The van der Waals surface area contributed by atoms with Crippen molar-refractivity contribution >= 4 is 0 Å². The molecular weight excluding hydrogens is 302 g/mol. The maximum absolute atomic E-state index is 2.56. The highest BCUT2D eigenvalue weighted by molar-refractivity contribution is 5.29. The quantitative estimate of drug-likeness (QED) is 0.575. The van der Waals surface area contributed by atoms with Crippen molar-refractivity contribution in [2.24, 2.45) is 0 Å². The Bertz CT molecular complexity index is 683. The lowest BCUT2D eigenvalue weighted by atomic mass is 9.99. The second-order valence-corrected chi connectivity index (χ2v) is 6.32. The van der Waals surface area contributed by atoms with Gasteiger partial charge in [-0.1, -0.05) is 86.2 Å². The summed E-state index contributed by atoms with van der Waals surface area (Å²) in [5.74, 6) is 0. The molecule has 0 fully saturated rings. The molecule has 2 aromatic rings. The van der Waals surface area contributed by atoms with E-state index < -0.39 is 0 Å². The van der Waals surface area contributed by atoms with Gasteiger partial charge in [0.15, 0.2) is 0 Å². The minimum absolute atomic E-state index is 0.369. The van der Waals surface area contributed by atoms with E-state index in [0.29, 0.717) is 6.04 Å². The van der Waals surface area contributed by atoms with Crippen LogP contribution in [0.1, 0.15) is 57.7 Å². The molecular formula is C24H31N. The fourth-order valence-corrected chi connectivity index (χ4v) is 3.25. The zero-order valence-corrected chi connectivity index (χ0v) is 16.1. The summed E-state index contributed by atoms with van der Waals surface area (Å²) in [6, 6.07) is 22.0. The summed E-state index contributed by atoms with van der Waals surface area (Å²) in [6.45, 7) is 9.47. The van der Waals surface area contributed by atoms with Crippen molar-refractivity contribution in [1.29, 1.82) is 0 Å². The molecule has 1 aliphatic carbocycles. The Morgan fingerprint density at radius 1 is 0.920 bits per heavy atom. The van der Waals surface area contributed by atoms with Gasteiger partial charge in [-0.05, 0) is 43.9 Å². The molecule has 0 aromatic heterocycles. The van der Waals surface area contributed by atoms with Gasteiger partial charge in [0.05, 0.1) is 6.04 Å². The third kappa shape index (κ3) is 5.35. The van der Waals surface area contributed by atoms with Gasteiger partial charge in [-0.15, -0.1) is 0 Å². The van der Waals surface area contributed by atoms with Crippen LogP contribution in [0.4, 0.5) is 0 Å². The highest BCUT2D eigenvalue weighted by Gasteiger charge is 2.19. The molecule has 0 spiro atoms. The van der Waals surface area contributed by atoms with Gasteiger partial charge in [0, 0.05) is 12.2 Å². The Balaban J connectivity index is 0.00000109. The smallest absolute Gasteiger partial charge is 0.0515 e. The molecule has 1 atom stereocenters. The van der Waals surface area contributed by atoms with Crippen molar-refractivity contribution < 1.29 is 0 Å². The largest absolute Gasteiger partial charge is 0.364 e. The average molecular weight is 334 g/mol. The Morgan fingerprint density at radius 2 is 1.52 bits per heavy atom. The summed E-state index contributed by atoms with van der Waals surface area (Å²) >= 11 is 0. The van der Waals surface area contributed by atoms with E-state index in [2.05, 4.69) is 91.6 Å². The van der Waals surface area contributed by atoms with Crippen LogP contribution < -0.4 is 0 Å². The SMILES string of the molecule is CC.CC1=CCCC(N(Cc2ccccc2)[C@H](C)c2ccccc2)=C1. The minimum atomic E-state index is 0.369. The number of nitrogens with zero attached hydrogens (tertiary/aromatic N) is 1. The van der Waals surface area contributed by atoms with Crippen LogP contribution in [0.25, 0.3) is 0 Å². The molecule has 132 valence electrons. The van der Waals surface area contributed by atoms with Gasteiger partial charge in [-0.2, -0.15) is 0 Å². The van der Waals surface area contributed by atoms with Gasteiger partial charge in [0.25, 0.3) is 0 Å². The van der Waals surface area contributed by atoms with Crippen LogP contribution in [0, 0.1) is 0 Å². The van der Waals surface area contributed by atoms with Crippen molar-refractivity contribution in [2.75, 3.05) is 0 Å². The summed E-state index contributed by atoms with van der Waals surface area (Å²) in [4.78, 5) is 2.56. The normalized spacial score (nSPS) is 14.6. The first-order valence-corrected chi connectivity index (χ1v) is 9.47. The Hall–Kier alpha value is -2.28. The van der Waals surface area contributed by atoms with Gasteiger partial charge < -0.3 is 4.90 Å². The van der Waals surface area contributed by atoms with E-state index in [1.165, 1.54) is 22.4 Å². The maximum atomic E-state index is 2.56. The first kappa shape index (κ1) is 19.1. The van der Waals surface area contributed by atoms with Crippen LogP contribution in [0.5, 0.6) is 0 Å². The zero-order valence-electron chi connectivity index (χ0n) is 16.1. The second kappa shape index (κ2) is 9.88. The minimum Gasteiger partial charge on any atom is -0.364 e. The molecule has 0 saturated heterocycles. The van der Waals surface area contributed by atoms with Crippen LogP contribution in [0.2, 0.25) is 0 Å². The standard InChI is InChI=1S/C22H25N.C2H6/c1-18-10-9-15-22(16-18)23(17-20-11-5-3-6-12-20)19(2)21-13-7-4-8-14-21;1-2/h3-8,10-14,16,19H,9,15,17H2,1-2H3;1-2H3/t19-;/m1./s1. The van der Waals surface area contributed by atoms with E-state index in [9.17, 15) is 0 Å². The average Bonchev–Trinajstić information content (AvgIpc) is 2.69. The summed E-state index contributed by atoms with van der Waals surface area (Å²) in [6.07, 6.45) is 6.95. The van der Waals surface area contributed by atoms with Crippen molar-refractivity contribution in [2.45, 2.75) is 53.1 Å². The fraction of sp³-hybridized carbons (Fsp3) is 0.333. The molecule has 0 bridgehead atoms. The van der Waals surface area contributed by atoms with E-state index in [4.69, 9.17) is 0 Å². The molecule has 1 aliphatic rings. The molecule has 0 saturated carbocycles. The van der Waals surface area contributed by atoms with E-state index in [1.807, 2.05) is 13.8 Å². The Kier molecular flexibility index (Phi) is 7.53. The number of allylic oxidation sites excluding steroid dienone is 4. The van der Waals surface area contributed by atoms with Crippen molar-refractivity contribution in [1.82, 2.24) is 4.90 Å². The molecule has 0 unspecified atom stereocenters. The van der Waals surface area contributed by atoms with Crippen molar-refractivity contribution in [3.05, 3.63) is 95.2 Å². The number of hydrogen-bond acceptors (Lipinski definition) is 1. The van der Waals surface area contributed by atoms with Gasteiger partial charge in [0.1, 0.15) is 0 Å². The van der Waals surface area contributed by atoms with Crippen LogP contribution in [-0.2, 0) is 6.54 Å². The first-order valence-electron chi connectivity index (χ1n) is 9.47. The van der Waals surface area contributed by atoms with Crippen LogP contribution in [0.15, 0.2) is 84.1 Å². The third-order valence-electron chi connectivity index (χ3n) is 4.58. The van der Waals surface area contributed by atoms with Crippen LogP contribution in [0.3, 0.4) is 0 Å². The Morgan fingerprint density at radius 3 is 2.12 bits per heavy atom. The van der Waals surface area contributed by atoms with Gasteiger partial charge in [0.2, 0.25) is 0 Å². The lowest BCUT2D eigenvalue weighted by Gasteiger charge is -2.35. The molecule has 0 radical (unpaired) electrons. The molecule has 0 aliphatic heterocycles. The van der Waals surface area contributed by atoms with E-state index in [-0.39, 0.29) is 0 Å². The zero-order chi connectivity index (χ0) is 18.1. The van der Waals surface area contributed by atoms with Crippen molar-refractivity contribution in [3.8, 4) is 0 Å². The predicted molar refractivity (Wildman–Crippen MR) is 109 cm³/mol. The summed E-state index contributed by atoms with van der Waals surface area (Å²) in [5.41, 5.74) is 5.56. The highest BCUT2D eigenvalue weighted by atomic mass is 15.2. The Labute approximate surface area is 153 Å². The van der Waals surface area contributed by atoms with Gasteiger partial charge in [-0.25, -0.2) is 0 Å². The molecule has 25 heavy (non-hydrogen) atoms. The van der Waals surface area contributed by atoms with Crippen molar-refractivity contribution in [3.63, 3.8) is 0 Å². The van der Waals surface area contributed by atoms with E-state index in [1.54, 1.807) is 0 Å². The molecule has 0 amide bonds. The molecule has 1 nitrogen and oxygen atoms in total. The lowest BCUT2D eigenvalue weighted by molar-refractivity contribution is 0.253. The first-order chi connectivity index (χ1) is 12.2. The van der Waals surface area contributed by atoms with E-state index >= 15 is 0 Å². The molecule has 2 aromatic carbocycles. The number of benzene rings is 2. The molecule has 1 heteroatoms. The summed E-state index contributed by atoms with van der Waals surface area (Å²) in [7, 11) is 0. The molecule has 0 heterocycles. The van der Waals surface area contributed by atoms with Gasteiger partial charge >= 0.3 is 0 Å². The van der Waals surface area contributed by atoms with Crippen LogP contribution >= 0.6 is 0 Å². The van der Waals surface area contributed by atoms with Crippen LogP contribution in [-0.4, -0.2) is 4.90 Å². The molecule has 0 N–H and O–H groups in total. The monoisotopic (exact) mass is 333 g/mol.